The van der Waals surface area contributed by atoms with Crippen molar-refractivity contribution in [1.82, 2.24) is 19.9 Å². The maximum absolute atomic E-state index is 13.0. The fourth-order valence-corrected chi connectivity index (χ4v) is 4.21. The molecule has 1 saturated heterocycles. The quantitative estimate of drug-likeness (QED) is 0.671. The maximum atomic E-state index is 13.0. The zero-order chi connectivity index (χ0) is 20.3. The molecule has 30 heavy (non-hydrogen) atoms. The molecule has 1 atom stereocenters. The van der Waals surface area contributed by atoms with Crippen LogP contribution in [0.25, 0.3) is 11.3 Å². The second kappa shape index (κ2) is 8.22. The van der Waals surface area contributed by atoms with Gasteiger partial charge in [-0.05, 0) is 49.9 Å². The number of aromatic nitrogens is 3. The molecule has 2 aliphatic rings. The summed E-state index contributed by atoms with van der Waals surface area (Å²) in [5, 5.41) is 3.40. The Bertz CT molecular complexity index is 1020. The van der Waals surface area contributed by atoms with Gasteiger partial charge in [-0.2, -0.15) is 0 Å². The van der Waals surface area contributed by atoms with Crippen molar-refractivity contribution in [2.45, 2.75) is 38.1 Å². The molecule has 1 aromatic carbocycles. The maximum Gasteiger partial charge on any atom is 0.226 e. The lowest BCUT2D eigenvalue weighted by atomic mass is 9.84. The molecular weight excluding hydrogens is 374 g/mol. The summed E-state index contributed by atoms with van der Waals surface area (Å²) in [5.41, 5.74) is 2.79. The highest BCUT2D eigenvalue weighted by atomic mass is 16.2. The van der Waals surface area contributed by atoms with Gasteiger partial charge in [-0.15, -0.1) is 0 Å². The molecule has 1 N–H and O–H groups in total. The van der Waals surface area contributed by atoms with Crippen molar-refractivity contribution in [1.29, 1.82) is 0 Å². The molecule has 1 amide bonds. The van der Waals surface area contributed by atoms with Gasteiger partial charge in [0.1, 0.15) is 5.82 Å². The van der Waals surface area contributed by atoms with Crippen LogP contribution in [0.15, 0.2) is 60.9 Å². The highest BCUT2D eigenvalue weighted by molar-refractivity contribution is 5.80. The molecular formula is C24H25N5O. The Morgan fingerprint density at radius 3 is 2.50 bits per heavy atom. The lowest BCUT2D eigenvalue weighted by Crippen LogP contribution is -2.38. The summed E-state index contributed by atoms with van der Waals surface area (Å²) in [6.07, 6.45) is 8.62. The Hall–Kier alpha value is -3.28. The number of hydrogen-bond acceptors (Lipinski definition) is 5. The topological polar surface area (TPSA) is 71.0 Å². The molecule has 152 valence electrons. The molecule has 6 nitrogen and oxygen atoms in total. The zero-order valence-corrected chi connectivity index (χ0v) is 16.9. The van der Waals surface area contributed by atoms with Crippen LogP contribution < -0.4 is 5.32 Å². The first kappa shape index (κ1) is 18.7. The van der Waals surface area contributed by atoms with Crippen molar-refractivity contribution in [3.63, 3.8) is 0 Å². The Labute approximate surface area is 176 Å². The predicted octanol–water partition coefficient (Wildman–Crippen LogP) is 4.75. The van der Waals surface area contributed by atoms with E-state index in [1.807, 2.05) is 53.4 Å². The van der Waals surface area contributed by atoms with Gasteiger partial charge in [0.15, 0.2) is 5.82 Å². The lowest BCUT2D eigenvalue weighted by molar-refractivity contribution is -0.139. The van der Waals surface area contributed by atoms with Crippen LogP contribution in [0, 0.1) is 5.92 Å². The van der Waals surface area contributed by atoms with Gasteiger partial charge in [0.05, 0.1) is 11.7 Å². The van der Waals surface area contributed by atoms with E-state index in [1.165, 1.54) is 0 Å². The number of carbonyl (C=O) groups is 1. The van der Waals surface area contributed by atoms with E-state index in [1.54, 1.807) is 12.4 Å². The van der Waals surface area contributed by atoms with Crippen molar-refractivity contribution in [3.8, 4) is 11.3 Å². The number of likely N-dealkylation sites (tertiary alicyclic amines) is 1. The van der Waals surface area contributed by atoms with Gasteiger partial charge in [0.2, 0.25) is 5.91 Å². The number of carbonyl (C=O) groups excluding carboxylic acids is 1. The van der Waals surface area contributed by atoms with Gasteiger partial charge in [0, 0.05) is 42.2 Å². The minimum Gasteiger partial charge on any atom is -0.340 e. The summed E-state index contributed by atoms with van der Waals surface area (Å²) < 4.78 is 0. The minimum absolute atomic E-state index is 0.0591. The molecule has 1 aliphatic heterocycles. The van der Waals surface area contributed by atoms with E-state index in [0.717, 1.165) is 61.4 Å². The number of para-hydroxylation sites is 1. The van der Waals surface area contributed by atoms with Gasteiger partial charge >= 0.3 is 0 Å². The summed E-state index contributed by atoms with van der Waals surface area (Å²) >= 11 is 0. The van der Waals surface area contributed by atoms with Gasteiger partial charge < -0.3 is 10.2 Å². The largest absolute Gasteiger partial charge is 0.340 e. The number of nitrogens with zero attached hydrogens (tertiary/aromatic N) is 4. The normalized spacial score (nSPS) is 18.8. The second-order valence-electron chi connectivity index (χ2n) is 8.04. The van der Waals surface area contributed by atoms with E-state index in [0.29, 0.717) is 5.82 Å². The molecule has 0 radical (unpaired) electrons. The smallest absolute Gasteiger partial charge is 0.226 e. The first-order chi connectivity index (χ1) is 14.8. The SMILES string of the molecule is O=C(C1CCC1)N1CCC[C@H]1c1nc(Nc2ccccc2)cc(-c2ccncc2)n1. The Morgan fingerprint density at radius 1 is 0.967 bits per heavy atom. The van der Waals surface area contributed by atoms with E-state index < -0.39 is 0 Å². The fraction of sp³-hybridized carbons (Fsp3) is 0.333. The third kappa shape index (κ3) is 3.77. The summed E-state index contributed by atoms with van der Waals surface area (Å²) in [4.78, 5) is 28.9. The summed E-state index contributed by atoms with van der Waals surface area (Å²) in [6.45, 7) is 0.796. The summed E-state index contributed by atoms with van der Waals surface area (Å²) in [7, 11) is 0. The molecule has 0 bridgehead atoms. The predicted molar refractivity (Wildman–Crippen MR) is 116 cm³/mol. The number of benzene rings is 1. The van der Waals surface area contributed by atoms with E-state index in [-0.39, 0.29) is 17.9 Å². The average molecular weight is 399 g/mol. The van der Waals surface area contributed by atoms with Crippen LogP contribution in [0.2, 0.25) is 0 Å². The third-order valence-corrected chi connectivity index (χ3v) is 6.05. The Morgan fingerprint density at radius 2 is 1.77 bits per heavy atom. The van der Waals surface area contributed by atoms with Crippen LogP contribution >= 0.6 is 0 Å². The number of rotatable bonds is 5. The van der Waals surface area contributed by atoms with Crippen LogP contribution in [0.5, 0.6) is 0 Å². The number of amides is 1. The molecule has 0 spiro atoms. The third-order valence-electron chi connectivity index (χ3n) is 6.05. The number of anilines is 2. The molecule has 2 fully saturated rings. The Kier molecular flexibility index (Phi) is 5.13. The molecule has 3 heterocycles. The van der Waals surface area contributed by atoms with Crippen LogP contribution in [0.1, 0.15) is 44.0 Å². The van der Waals surface area contributed by atoms with E-state index in [9.17, 15) is 4.79 Å². The van der Waals surface area contributed by atoms with Crippen molar-refractivity contribution in [2.24, 2.45) is 5.92 Å². The Balaban J connectivity index is 1.51. The molecule has 3 aromatic rings. The minimum atomic E-state index is -0.0591. The van der Waals surface area contributed by atoms with Crippen molar-refractivity contribution in [3.05, 3.63) is 66.7 Å². The first-order valence-electron chi connectivity index (χ1n) is 10.7. The van der Waals surface area contributed by atoms with Crippen LogP contribution in [-0.2, 0) is 4.79 Å². The van der Waals surface area contributed by atoms with Crippen LogP contribution in [0.3, 0.4) is 0 Å². The average Bonchev–Trinajstić information content (AvgIpc) is 3.24. The fourth-order valence-electron chi connectivity index (χ4n) is 4.21. The van der Waals surface area contributed by atoms with Gasteiger partial charge in [-0.25, -0.2) is 9.97 Å². The van der Waals surface area contributed by atoms with Gasteiger partial charge in [0.25, 0.3) is 0 Å². The van der Waals surface area contributed by atoms with E-state index in [2.05, 4.69) is 10.3 Å². The van der Waals surface area contributed by atoms with Crippen molar-refractivity contribution < 1.29 is 4.79 Å². The van der Waals surface area contributed by atoms with Gasteiger partial charge in [-0.3, -0.25) is 9.78 Å². The standard InChI is InChI=1S/C24H25N5O/c30-24(18-6-4-7-18)29-15-5-10-21(29)23-27-20(17-11-13-25-14-12-17)16-22(28-23)26-19-8-2-1-3-9-19/h1-3,8-9,11-14,16,18,21H,4-7,10,15H2,(H,26,27,28)/t21-/m0/s1. The monoisotopic (exact) mass is 399 g/mol. The van der Waals surface area contributed by atoms with E-state index >= 15 is 0 Å². The summed E-state index contributed by atoms with van der Waals surface area (Å²) in [6, 6.07) is 15.8. The lowest BCUT2D eigenvalue weighted by Gasteiger charge is -2.32. The highest BCUT2D eigenvalue weighted by Crippen LogP contribution is 2.37. The molecule has 5 rings (SSSR count). The van der Waals surface area contributed by atoms with Crippen LogP contribution in [-0.4, -0.2) is 32.3 Å². The number of pyridine rings is 1. The first-order valence-corrected chi connectivity index (χ1v) is 10.7. The van der Waals surface area contributed by atoms with Gasteiger partial charge in [-0.1, -0.05) is 24.6 Å². The highest BCUT2D eigenvalue weighted by Gasteiger charge is 2.37. The number of hydrogen-bond donors (Lipinski definition) is 1. The van der Waals surface area contributed by atoms with E-state index in [4.69, 9.17) is 9.97 Å². The van der Waals surface area contributed by atoms with Crippen molar-refractivity contribution >= 4 is 17.4 Å². The molecule has 2 aromatic heterocycles. The molecule has 1 aliphatic carbocycles. The molecule has 6 heteroatoms. The molecule has 0 unspecified atom stereocenters. The zero-order valence-electron chi connectivity index (χ0n) is 16.9. The summed E-state index contributed by atoms with van der Waals surface area (Å²) in [5.74, 6) is 1.92. The van der Waals surface area contributed by atoms with Crippen molar-refractivity contribution in [2.75, 3.05) is 11.9 Å². The second-order valence-corrected chi connectivity index (χ2v) is 8.04. The number of nitrogens with one attached hydrogen (secondary N) is 1. The molecule has 1 saturated carbocycles. The van der Waals surface area contributed by atoms with Crippen LogP contribution in [0.4, 0.5) is 11.5 Å².